The first-order valence-electron chi connectivity index (χ1n) is 7.70. The Morgan fingerprint density at radius 2 is 1.88 bits per heavy atom. The van der Waals surface area contributed by atoms with E-state index in [0.29, 0.717) is 6.54 Å². The molecule has 7 nitrogen and oxygen atoms in total. The van der Waals surface area contributed by atoms with Gasteiger partial charge in [-0.05, 0) is 44.0 Å². The van der Waals surface area contributed by atoms with Crippen LogP contribution in [0, 0.1) is 5.82 Å². The molecule has 0 saturated carbocycles. The Balaban J connectivity index is 1.94. The second-order valence-electron chi connectivity index (χ2n) is 6.23. The molecule has 2 aliphatic rings. The van der Waals surface area contributed by atoms with Crippen molar-refractivity contribution in [1.29, 1.82) is 0 Å². The third kappa shape index (κ3) is 3.41. The molecule has 1 aromatic carbocycles. The van der Waals surface area contributed by atoms with Crippen molar-refractivity contribution >= 4 is 25.7 Å². The largest absolute Gasteiger partial charge is 0.315 e. The zero-order valence-corrected chi connectivity index (χ0v) is 14.8. The second kappa shape index (κ2) is 6.25. The van der Waals surface area contributed by atoms with E-state index < -0.39 is 25.9 Å². The van der Waals surface area contributed by atoms with E-state index in [9.17, 15) is 21.2 Å². The minimum atomic E-state index is -3.83. The summed E-state index contributed by atoms with van der Waals surface area (Å²) in [5.74, 6) is -0.915. The molecule has 24 heavy (non-hydrogen) atoms. The number of hydrogen-bond acceptors (Lipinski definition) is 5. The quantitative estimate of drug-likeness (QED) is 0.806. The van der Waals surface area contributed by atoms with Crippen molar-refractivity contribution in [1.82, 2.24) is 9.62 Å². The summed E-state index contributed by atoms with van der Waals surface area (Å²) in [5, 5.41) is 3.22. The minimum absolute atomic E-state index is 0.0770. The van der Waals surface area contributed by atoms with E-state index in [-0.39, 0.29) is 22.7 Å². The van der Waals surface area contributed by atoms with Crippen molar-refractivity contribution in [3.63, 3.8) is 0 Å². The van der Waals surface area contributed by atoms with Crippen LogP contribution in [0.1, 0.15) is 19.3 Å². The number of sulfonamides is 2. The number of anilines is 1. The van der Waals surface area contributed by atoms with Crippen LogP contribution in [-0.2, 0) is 20.0 Å². The van der Waals surface area contributed by atoms with E-state index in [1.54, 1.807) is 0 Å². The lowest BCUT2D eigenvalue weighted by molar-refractivity contribution is 0.334. The highest BCUT2D eigenvalue weighted by Crippen LogP contribution is 2.34. The van der Waals surface area contributed by atoms with Gasteiger partial charge in [0, 0.05) is 18.6 Å². The molecule has 0 radical (unpaired) electrons. The van der Waals surface area contributed by atoms with Gasteiger partial charge in [-0.1, -0.05) is 0 Å². The smallest absolute Gasteiger partial charge is 0.243 e. The molecule has 2 N–H and O–H groups in total. The summed E-state index contributed by atoms with van der Waals surface area (Å²) in [4.78, 5) is -0.155. The summed E-state index contributed by atoms with van der Waals surface area (Å²) < 4.78 is 66.0. The monoisotopic (exact) mass is 377 g/mol. The Kier molecular flexibility index (Phi) is 4.58. The summed E-state index contributed by atoms with van der Waals surface area (Å²) in [6.07, 6.45) is 3.22. The minimum Gasteiger partial charge on any atom is -0.315 e. The van der Waals surface area contributed by atoms with Crippen LogP contribution in [0.2, 0.25) is 0 Å². The van der Waals surface area contributed by atoms with Gasteiger partial charge in [0.2, 0.25) is 20.0 Å². The van der Waals surface area contributed by atoms with Gasteiger partial charge in [0.15, 0.2) is 0 Å². The van der Waals surface area contributed by atoms with Gasteiger partial charge in [0.1, 0.15) is 5.82 Å². The van der Waals surface area contributed by atoms with Crippen LogP contribution in [0.3, 0.4) is 0 Å². The van der Waals surface area contributed by atoms with Crippen LogP contribution in [0.15, 0.2) is 23.1 Å². The lowest BCUT2D eigenvalue weighted by Gasteiger charge is -2.27. The fraction of sp³-hybridized carbons (Fsp3) is 0.571. The zero-order valence-electron chi connectivity index (χ0n) is 13.2. The number of hydrogen-bond donors (Lipinski definition) is 2. The van der Waals surface area contributed by atoms with E-state index >= 15 is 0 Å². The second-order valence-corrected chi connectivity index (χ2v) is 9.82. The van der Waals surface area contributed by atoms with E-state index in [2.05, 4.69) is 5.32 Å². The molecule has 134 valence electrons. The Labute approximate surface area is 141 Å². The van der Waals surface area contributed by atoms with Gasteiger partial charge in [0.05, 0.1) is 16.8 Å². The Hall–Kier alpha value is -1.23. The molecule has 3 rings (SSSR count). The predicted octanol–water partition coefficient (Wildman–Crippen LogP) is 0.712. The summed E-state index contributed by atoms with van der Waals surface area (Å²) in [6.45, 7) is 1.35. The van der Waals surface area contributed by atoms with Crippen molar-refractivity contribution < 1.29 is 21.2 Å². The third-order valence-corrected chi connectivity index (χ3v) is 6.99. The van der Waals surface area contributed by atoms with Gasteiger partial charge >= 0.3 is 0 Å². The zero-order chi connectivity index (χ0) is 17.5. The highest BCUT2D eigenvalue weighted by molar-refractivity contribution is 7.92. The molecular weight excluding hydrogens is 357 g/mol. The van der Waals surface area contributed by atoms with Crippen LogP contribution >= 0.6 is 0 Å². The van der Waals surface area contributed by atoms with Crippen molar-refractivity contribution in [2.45, 2.75) is 36.2 Å². The van der Waals surface area contributed by atoms with E-state index in [4.69, 9.17) is 0 Å². The molecule has 2 aliphatic heterocycles. The lowest BCUT2D eigenvalue weighted by Crippen LogP contribution is -2.42. The van der Waals surface area contributed by atoms with Gasteiger partial charge in [-0.25, -0.2) is 21.2 Å². The van der Waals surface area contributed by atoms with E-state index in [0.717, 1.165) is 44.2 Å². The first-order chi connectivity index (χ1) is 11.2. The maximum Gasteiger partial charge on any atom is 0.243 e. The first-order valence-corrected chi connectivity index (χ1v) is 11.0. The highest BCUT2D eigenvalue weighted by atomic mass is 32.2. The standard InChI is InChI=1S/C14H20FN3O4S2/c1-23(19,20)17-14-5-4-12(8-13(14)15)24(21,22)18-10-2-3-11(18)9-16-7-6-10/h4-5,8,10-11,16-17H,2-3,6-7,9H2,1H3. The molecule has 0 spiro atoms. The maximum absolute atomic E-state index is 14.1. The number of halogens is 1. The van der Waals surface area contributed by atoms with Gasteiger partial charge in [-0.3, -0.25) is 4.72 Å². The number of fused-ring (bicyclic) bond motifs is 2. The Bertz CT molecular complexity index is 828. The van der Waals surface area contributed by atoms with Crippen molar-refractivity contribution in [3.8, 4) is 0 Å². The van der Waals surface area contributed by atoms with Gasteiger partial charge in [0.25, 0.3) is 0 Å². The molecule has 0 aromatic heterocycles. The average Bonchev–Trinajstić information content (AvgIpc) is 2.73. The predicted molar refractivity (Wildman–Crippen MR) is 88.2 cm³/mol. The molecule has 0 aliphatic carbocycles. The molecule has 2 saturated heterocycles. The molecule has 1 aromatic rings. The first kappa shape index (κ1) is 17.6. The SMILES string of the molecule is CS(=O)(=O)Nc1ccc(S(=O)(=O)N2C3CCNCC2CC3)cc1F. The summed E-state index contributed by atoms with van der Waals surface area (Å²) in [6, 6.07) is 3.05. The number of nitrogens with one attached hydrogen (secondary N) is 2. The highest BCUT2D eigenvalue weighted by Gasteiger charge is 2.43. The summed E-state index contributed by atoms with van der Waals surface area (Å²) in [5.41, 5.74) is -0.267. The van der Waals surface area contributed by atoms with Crippen LogP contribution < -0.4 is 10.0 Å². The molecule has 2 atom stereocenters. The maximum atomic E-state index is 14.1. The Morgan fingerprint density at radius 3 is 2.54 bits per heavy atom. The van der Waals surface area contributed by atoms with Crippen molar-refractivity contribution in [2.24, 2.45) is 0 Å². The van der Waals surface area contributed by atoms with Gasteiger partial charge in [-0.15, -0.1) is 0 Å². The molecule has 2 unspecified atom stereocenters. The van der Waals surface area contributed by atoms with E-state index in [1.807, 2.05) is 4.72 Å². The van der Waals surface area contributed by atoms with Crippen molar-refractivity contribution in [2.75, 3.05) is 24.1 Å². The fourth-order valence-corrected chi connectivity index (χ4v) is 5.87. The number of nitrogens with zero attached hydrogens (tertiary/aromatic N) is 1. The van der Waals surface area contributed by atoms with Gasteiger partial charge in [-0.2, -0.15) is 4.31 Å². The van der Waals surface area contributed by atoms with E-state index in [1.165, 1.54) is 10.4 Å². The summed E-state index contributed by atoms with van der Waals surface area (Å²) in [7, 11) is -7.47. The molecule has 2 fully saturated rings. The number of benzene rings is 1. The number of rotatable bonds is 4. The van der Waals surface area contributed by atoms with Crippen LogP contribution in [0.4, 0.5) is 10.1 Å². The molecule has 10 heteroatoms. The fourth-order valence-electron chi connectivity index (χ4n) is 3.39. The molecule has 0 amide bonds. The van der Waals surface area contributed by atoms with Crippen LogP contribution in [0.5, 0.6) is 0 Å². The van der Waals surface area contributed by atoms with Gasteiger partial charge < -0.3 is 5.32 Å². The Morgan fingerprint density at radius 1 is 1.17 bits per heavy atom. The van der Waals surface area contributed by atoms with Crippen molar-refractivity contribution in [3.05, 3.63) is 24.0 Å². The lowest BCUT2D eigenvalue weighted by atomic mass is 10.1. The molecule has 2 heterocycles. The average molecular weight is 377 g/mol. The molecule has 2 bridgehead atoms. The topological polar surface area (TPSA) is 95.6 Å². The summed E-state index contributed by atoms with van der Waals surface area (Å²) >= 11 is 0. The van der Waals surface area contributed by atoms with Crippen LogP contribution in [-0.4, -0.2) is 52.6 Å². The molecular formula is C14H20FN3O4S2. The third-order valence-electron chi connectivity index (χ3n) is 4.40. The van der Waals surface area contributed by atoms with Crippen LogP contribution in [0.25, 0.3) is 0 Å². The normalized spacial score (nSPS) is 25.4.